The van der Waals surface area contributed by atoms with Crippen molar-refractivity contribution in [2.45, 2.75) is 324 Å². The zero-order valence-electron chi connectivity index (χ0n) is 51.1. The molecule has 7 unspecified atom stereocenters. The predicted octanol–water partition coefficient (Wildman–Crippen LogP) is 18.1. The van der Waals surface area contributed by atoms with E-state index >= 15 is 0 Å². The maximum absolute atomic E-state index is 11.5. The number of carbonyl (C=O) groups excluding carboxylic acids is 5. The van der Waals surface area contributed by atoms with Crippen LogP contribution < -0.4 is 0 Å². The molecule has 0 amide bonds. The zero-order chi connectivity index (χ0) is 63.6. The fourth-order valence-corrected chi connectivity index (χ4v) is 9.26. The van der Waals surface area contributed by atoms with E-state index in [2.05, 4.69) is 6.92 Å². The van der Waals surface area contributed by atoms with Crippen LogP contribution in [0.15, 0.2) is 0 Å². The van der Waals surface area contributed by atoms with Gasteiger partial charge in [0.1, 0.15) is 4.84 Å². The predicted molar refractivity (Wildman–Crippen MR) is 338 cm³/mol. The Balaban J connectivity index is -0.000000502. The zero-order valence-corrected chi connectivity index (χ0v) is 56.4. The Bertz CT molecular complexity index is 1630. The highest BCUT2D eigenvalue weighted by molar-refractivity contribution is 6.44. The molecule has 83 heavy (non-hydrogen) atoms. The number of carboxylic acids is 3. The van der Waals surface area contributed by atoms with Crippen molar-refractivity contribution in [1.82, 2.24) is 0 Å². The lowest BCUT2D eigenvalue weighted by Crippen LogP contribution is -2.23. The van der Waals surface area contributed by atoms with Gasteiger partial charge in [0.05, 0.1) is 0 Å². The second-order valence-corrected chi connectivity index (χ2v) is 25.0. The molecule has 0 aliphatic heterocycles. The molecule has 490 valence electrons. The van der Waals surface area contributed by atoms with E-state index in [4.69, 9.17) is 115 Å². The van der Waals surface area contributed by atoms with Crippen molar-refractivity contribution >= 4 is 129 Å². The van der Waals surface area contributed by atoms with Gasteiger partial charge in [0, 0.05) is 53.6 Å². The molecule has 0 fully saturated rings. The highest BCUT2D eigenvalue weighted by atomic mass is 35.5. The quantitative estimate of drug-likeness (QED) is 0.0222. The number of Topliss-reactive ketones (excluding diaryl/α,β-unsaturated/α-hetero) is 1. The van der Waals surface area contributed by atoms with Gasteiger partial charge in [0.25, 0.3) is 0 Å². The molecule has 0 heterocycles. The topological polar surface area (TPSA) is 234 Å². The van der Waals surface area contributed by atoms with Crippen LogP contribution in [0.2, 0.25) is 0 Å². The number of ketones is 1. The van der Waals surface area contributed by atoms with E-state index < -0.39 is 60.2 Å². The second kappa shape index (κ2) is 63.0. The number of unbranched alkanes of at least 4 members (excludes halogenated alkanes) is 19. The van der Waals surface area contributed by atoms with E-state index in [1.165, 1.54) is 85.5 Å². The monoisotopic (exact) mass is 1320 g/mol. The van der Waals surface area contributed by atoms with Gasteiger partial charge in [-0.1, -0.05) is 135 Å². The molecule has 0 rings (SSSR count). The van der Waals surface area contributed by atoms with E-state index in [-0.39, 0.29) is 45.6 Å². The largest absolute Gasteiger partial charge is 0.479 e. The lowest BCUT2D eigenvalue weighted by molar-refractivity contribution is -0.162. The number of esters is 4. The summed E-state index contributed by atoms with van der Waals surface area (Å²) in [6.45, 7) is 9.25. The Morgan fingerprint density at radius 1 is 0.325 bits per heavy atom. The fraction of sp³-hybridized carbons (Fsp3) is 0.869. The smallest absolute Gasteiger partial charge is 0.344 e. The standard InChI is InChI=1S/C16H27Cl3O3.C15H26Cl2O4.2C15H27ClO4/c1-12(20)13(2)22-16(21)11-7-6-9-14(17)8-4-3-5-10-15(18)19;1-12(15(19)20)21-14(18)10-6-5-9-13(17)8-4-2-3-7-11-16;1-13(15(18)19)20-14(17)11-9-7-5-3-2-4-6-8-10-12-16;1-3-4-5-6-9-13(16)10-7-8-11-14(17)20-12(2)15(18)19/h13-15H,3-11H2,1-2H3;12-13H,2-11H2,1H3,(H,19,20);13H,2-12H2,1H3,(H,18,19);12-13H,3-11H2,1-2H3,(H,18,19). The SMILES string of the molecule is CC(=O)C(C)OC(=O)CCCCC(Cl)CCCCCC(Cl)Cl.CC(OC(=O)CCCCC(Cl)CCCCCCCl)C(=O)O.CC(OC(=O)CCCCCCCCCCCCl)C(=O)O.CCCCCCC(Cl)CCCCC(=O)OC(C)C(=O)O. The van der Waals surface area contributed by atoms with Gasteiger partial charge >= 0.3 is 41.8 Å². The summed E-state index contributed by atoms with van der Waals surface area (Å²) in [7, 11) is 0. The van der Waals surface area contributed by atoms with Crippen LogP contribution >= 0.6 is 81.2 Å². The molecule has 0 aromatic rings. The first-order valence-electron chi connectivity index (χ1n) is 30.6. The molecule has 7 atom stereocenters. The van der Waals surface area contributed by atoms with Crippen LogP contribution in [0.1, 0.15) is 279 Å². The average Bonchev–Trinajstić information content (AvgIpc) is 3.41. The first-order valence-corrected chi connectivity index (χ1v) is 33.9. The summed E-state index contributed by atoms with van der Waals surface area (Å²) in [5.41, 5.74) is 0. The highest BCUT2D eigenvalue weighted by Crippen LogP contribution is 2.21. The van der Waals surface area contributed by atoms with Gasteiger partial charge in [-0.05, 0) is 118 Å². The second-order valence-electron chi connectivity index (χ2n) is 21.1. The lowest BCUT2D eigenvalue weighted by atomic mass is 10.1. The number of ether oxygens (including phenoxy) is 4. The number of carboxylic acid groups (broad SMARTS) is 3. The number of hydrogen-bond donors (Lipinski definition) is 3. The molecule has 0 saturated heterocycles. The first-order chi connectivity index (χ1) is 39.3. The molecule has 0 aromatic carbocycles. The number of rotatable bonds is 51. The molecule has 15 nitrogen and oxygen atoms in total. The third-order valence-corrected chi connectivity index (χ3v) is 15.3. The average molecular weight is 1330 g/mol. The van der Waals surface area contributed by atoms with Crippen LogP contribution in [0.5, 0.6) is 0 Å². The van der Waals surface area contributed by atoms with E-state index in [1.807, 2.05) is 0 Å². The van der Waals surface area contributed by atoms with Crippen LogP contribution in [0, 0.1) is 0 Å². The summed E-state index contributed by atoms with van der Waals surface area (Å²) in [6, 6.07) is 0. The van der Waals surface area contributed by atoms with Gasteiger partial charge in [0.15, 0.2) is 30.2 Å². The van der Waals surface area contributed by atoms with Crippen molar-refractivity contribution in [3.05, 3.63) is 0 Å². The van der Waals surface area contributed by atoms with Crippen molar-refractivity contribution in [3.8, 4) is 0 Å². The molecular weight excluding hydrogens is 1220 g/mol. The van der Waals surface area contributed by atoms with Crippen LogP contribution in [0.25, 0.3) is 0 Å². The van der Waals surface area contributed by atoms with Crippen molar-refractivity contribution in [2.75, 3.05) is 11.8 Å². The van der Waals surface area contributed by atoms with Gasteiger partial charge < -0.3 is 34.3 Å². The van der Waals surface area contributed by atoms with Gasteiger partial charge in [-0.25, -0.2) is 14.4 Å². The maximum atomic E-state index is 11.5. The molecule has 0 bridgehead atoms. The highest BCUT2D eigenvalue weighted by Gasteiger charge is 2.19. The Hall–Kier alpha value is -2.01. The van der Waals surface area contributed by atoms with Crippen LogP contribution in [-0.4, -0.2) is 120 Å². The van der Waals surface area contributed by atoms with E-state index in [9.17, 15) is 38.4 Å². The normalized spacial score (nSPS) is 13.4. The maximum Gasteiger partial charge on any atom is 0.344 e. The third-order valence-electron chi connectivity index (χ3n) is 13.0. The number of carbonyl (C=O) groups is 8. The molecule has 22 heteroatoms. The molecule has 0 aromatic heterocycles. The molecule has 0 aliphatic rings. The van der Waals surface area contributed by atoms with E-state index in [0.717, 1.165) is 153 Å². The first kappa shape index (κ1) is 87.4. The fourth-order valence-electron chi connectivity index (χ4n) is 7.65. The number of hydrogen-bond acceptors (Lipinski definition) is 12. The number of halogens is 7. The number of alkyl halides is 7. The summed E-state index contributed by atoms with van der Waals surface area (Å²) < 4.78 is 19.2. The molecule has 0 aliphatic carbocycles. The molecular formula is C61H107Cl7O15. The van der Waals surface area contributed by atoms with Crippen molar-refractivity contribution in [2.24, 2.45) is 0 Å². The summed E-state index contributed by atoms with van der Waals surface area (Å²) in [4.78, 5) is 87.7. The van der Waals surface area contributed by atoms with Gasteiger partial charge in [-0.2, -0.15) is 0 Å². The van der Waals surface area contributed by atoms with Gasteiger partial charge in [-0.15, -0.1) is 81.2 Å². The number of aliphatic carboxylic acids is 3. The molecule has 0 radical (unpaired) electrons. The van der Waals surface area contributed by atoms with Gasteiger partial charge in [0.2, 0.25) is 0 Å². The lowest BCUT2D eigenvalue weighted by Gasteiger charge is -2.11. The Morgan fingerprint density at radius 2 is 0.542 bits per heavy atom. The minimum absolute atomic E-state index is 0.135. The van der Waals surface area contributed by atoms with E-state index in [1.54, 1.807) is 6.92 Å². The van der Waals surface area contributed by atoms with Crippen molar-refractivity contribution < 1.29 is 72.6 Å². The van der Waals surface area contributed by atoms with Crippen molar-refractivity contribution in [1.29, 1.82) is 0 Å². The molecule has 0 spiro atoms. The Kier molecular flexibility index (Phi) is 66.4. The van der Waals surface area contributed by atoms with Gasteiger partial charge in [-0.3, -0.25) is 24.0 Å². The molecule has 3 N–H and O–H groups in total. The van der Waals surface area contributed by atoms with Crippen LogP contribution in [0.3, 0.4) is 0 Å². The Morgan fingerprint density at radius 3 is 0.807 bits per heavy atom. The minimum Gasteiger partial charge on any atom is -0.479 e. The van der Waals surface area contributed by atoms with Crippen LogP contribution in [-0.2, 0) is 57.3 Å². The summed E-state index contributed by atoms with van der Waals surface area (Å²) in [5, 5.41) is 26.3. The van der Waals surface area contributed by atoms with Crippen molar-refractivity contribution in [3.63, 3.8) is 0 Å². The Labute approximate surface area is 534 Å². The third kappa shape index (κ3) is 69.0. The summed E-state index contributed by atoms with van der Waals surface area (Å²) in [6.07, 6.45) is 31.3. The minimum atomic E-state index is -1.13. The molecule has 0 saturated carbocycles. The summed E-state index contributed by atoms with van der Waals surface area (Å²) >= 11 is 41.2. The van der Waals surface area contributed by atoms with Crippen LogP contribution in [0.4, 0.5) is 0 Å². The van der Waals surface area contributed by atoms with E-state index in [0.29, 0.717) is 25.7 Å². The summed E-state index contributed by atoms with van der Waals surface area (Å²) in [5.74, 6) is -3.64.